The molecule has 3 rings (SSSR count). The van der Waals surface area contributed by atoms with Crippen molar-refractivity contribution in [3.8, 4) is 5.75 Å². The van der Waals surface area contributed by atoms with Crippen LogP contribution in [0.3, 0.4) is 0 Å². The molecule has 0 aromatic heterocycles. The van der Waals surface area contributed by atoms with Crippen molar-refractivity contribution in [3.05, 3.63) is 58.7 Å². The first-order valence-corrected chi connectivity index (χ1v) is 16.6. The van der Waals surface area contributed by atoms with Crippen molar-refractivity contribution in [1.82, 2.24) is 14.5 Å². The summed E-state index contributed by atoms with van der Waals surface area (Å²) in [4.78, 5) is 15.1. The van der Waals surface area contributed by atoms with E-state index >= 15 is 0 Å². The number of nitrogens with zero attached hydrogens (tertiary/aromatic N) is 2. The number of carbonyl (C=O) groups is 1. The third-order valence-corrected chi connectivity index (χ3v) is 11.1. The number of methoxy groups -OCH3 is 1. The summed E-state index contributed by atoms with van der Waals surface area (Å²) in [6.07, 6.45) is 6.86. The summed E-state index contributed by atoms with van der Waals surface area (Å²) in [5.41, 5.74) is 3.52. The van der Waals surface area contributed by atoms with Gasteiger partial charge in [-0.2, -0.15) is 4.31 Å². The smallest absolute Gasteiger partial charge is 0.246 e. The minimum absolute atomic E-state index is 0.0783. The summed E-state index contributed by atoms with van der Waals surface area (Å²) in [6, 6.07) is 13.0. The van der Waals surface area contributed by atoms with Crippen molar-refractivity contribution in [3.63, 3.8) is 0 Å². The van der Waals surface area contributed by atoms with Gasteiger partial charge in [0, 0.05) is 26.2 Å². The molecule has 1 N–H and O–H groups in total. The van der Waals surface area contributed by atoms with E-state index in [1.54, 1.807) is 27.0 Å². The van der Waals surface area contributed by atoms with Crippen LogP contribution in [0.5, 0.6) is 5.75 Å². The number of benzene rings is 2. The van der Waals surface area contributed by atoms with Gasteiger partial charge >= 0.3 is 0 Å². The number of aryl methyl sites for hydroxylation is 2. The molecule has 0 radical (unpaired) electrons. The molecule has 234 valence electrons. The molecule has 1 aliphatic carbocycles. The van der Waals surface area contributed by atoms with Gasteiger partial charge in [-0.05, 0) is 114 Å². The highest BCUT2D eigenvalue weighted by Crippen LogP contribution is 2.34. The number of hydrogen-bond donors (Lipinski definition) is 1. The SMILES string of the molecule is COc1cc(C)c(S(=O)(=O)N(C)CCOCC(=O)NCC2CCC(C(CCc3ccccc3)N(C)C)CC2)c(C)c1C. The van der Waals surface area contributed by atoms with Gasteiger partial charge in [-0.1, -0.05) is 30.3 Å². The van der Waals surface area contributed by atoms with Gasteiger partial charge < -0.3 is 19.7 Å². The second-order valence-electron chi connectivity index (χ2n) is 12.0. The largest absolute Gasteiger partial charge is 0.496 e. The molecule has 42 heavy (non-hydrogen) atoms. The zero-order valence-electron chi connectivity index (χ0n) is 26.6. The first-order chi connectivity index (χ1) is 19.9. The number of hydrogen-bond acceptors (Lipinski definition) is 6. The second kappa shape index (κ2) is 15.8. The van der Waals surface area contributed by atoms with Gasteiger partial charge in [0.25, 0.3) is 0 Å². The van der Waals surface area contributed by atoms with Gasteiger partial charge in [-0.25, -0.2) is 8.42 Å². The first kappa shape index (κ1) is 34.0. The predicted octanol–water partition coefficient (Wildman–Crippen LogP) is 4.74. The maximum atomic E-state index is 13.3. The minimum atomic E-state index is -3.71. The minimum Gasteiger partial charge on any atom is -0.496 e. The summed E-state index contributed by atoms with van der Waals surface area (Å²) >= 11 is 0. The number of sulfonamides is 1. The number of carbonyl (C=O) groups excluding carboxylic acids is 1. The van der Waals surface area contributed by atoms with Crippen molar-refractivity contribution >= 4 is 15.9 Å². The van der Waals surface area contributed by atoms with E-state index in [1.807, 2.05) is 6.92 Å². The molecular formula is C33H51N3O5S. The highest BCUT2D eigenvalue weighted by Gasteiger charge is 2.29. The van der Waals surface area contributed by atoms with E-state index < -0.39 is 10.0 Å². The fourth-order valence-corrected chi connectivity index (χ4v) is 7.86. The van der Waals surface area contributed by atoms with Crippen LogP contribution in [0.25, 0.3) is 0 Å². The average molecular weight is 602 g/mol. The molecule has 2 aromatic carbocycles. The quantitative estimate of drug-likeness (QED) is 0.297. The van der Waals surface area contributed by atoms with E-state index in [0.29, 0.717) is 46.2 Å². The molecule has 0 heterocycles. The van der Waals surface area contributed by atoms with Gasteiger partial charge in [-0.3, -0.25) is 4.79 Å². The monoisotopic (exact) mass is 601 g/mol. The zero-order chi connectivity index (χ0) is 30.9. The molecule has 0 spiro atoms. The predicted molar refractivity (Wildman–Crippen MR) is 169 cm³/mol. The van der Waals surface area contributed by atoms with Crippen molar-refractivity contribution in [1.29, 1.82) is 0 Å². The summed E-state index contributed by atoms with van der Waals surface area (Å²) in [7, 11) is 3.79. The lowest BCUT2D eigenvalue weighted by Gasteiger charge is -2.37. The summed E-state index contributed by atoms with van der Waals surface area (Å²) in [5, 5.41) is 3.02. The third-order valence-electron chi connectivity index (χ3n) is 8.91. The van der Waals surface area contributed by atoms with Crippen LogP contribution in [0.1, 0.15) is 54.4 Å². The Kier molecular flexibility index (Phi) is 12.8. The van der Waals surface area contributed by atoms with Gasteiger partial charge in [0.2, 0.25) is 15.9 Å². The number of amides is 1. The van der Waals surface area contributed by atoms with E-state index in [-0.39, 0.29) is 25.7 Å². The van der Waals surface area contributed by atoms with Crippen LogP contribution in [0.4, 0.5) is 0 Å². The van der Waals surface area contributed by atoms with Crippen LogP contribution in [0, 0.1) is 32.6 Å². The van der Waals surface area contributed by atoms with E-state index in [2.05, 4.69) is 54.6 Å². The van der Waals surface area contributed by atoms with Crippen LogP contribution in [0.2, 0.25) is 0 Å². The summed E-state index contributed by atoms with van der Waals surface area (Å²) < 4.78 is 38.8. The van der Waals surface area contributed by atoms with Gasteiger partial charge in [-0.15, -0.1) is 0 Å². The van der Waals surface area contributed by atoms with E-state index in [1.165, 1.54) is 29.8 Å². The van der Waals surface area contributed by atoms with Crippen LogP contribution >= 0.6 is 0 Å². The van der Waals surface area contributed by atoms with Crippen LogP contribution in [-0.2, 0) is 26.0 Å². The highest BCUT2D eigenvalue weighted by molar-refractivity contribution is 7.89. The summed E-state index contributed by atoms with van der Waals surface area (Å²) in [5.74, 6) is 1.68. The Bertz CT molecular complexity index is 1260. The summed E-state index contributed by atoms with van der Waals surface area (Å²) in [6.45, 7) is 6.30. The van der Waals surface area contributed by atoms with Gasteiger partial charge in [0.15, 0.2) is 0 Å². The van der Waals surface area contributed by atoms with Crippen molar-refractivity contribution < 1.29 is 22.7 Å². The molecule has 0 aliphatic heterocycles. The normalized spacial score (nSPS) is 18.3. The zero-order valence-corrected chi connectivity index (χ0v) is 27.4. The van der Waals surface area contributed by atoms with Crippen LogP contribution in [-0.4, -0.2) is 84.1 Å². The van der Waals surface area contributed by atoms with E-state index in [9.17, 15) is 13.2 Å². The number of nitrogens with one attached hydrogen (secondary N) is 1. The Morgan fingerprint density at radius 2 is 1.69 bits per heavy atom. The Morgan fingerprint density at radius 3 is 2.31 bits per heavy atom. The second-order valence-corrected chi connectivity index (χ2v) is 14.0. The molecule has 9 heteroatoms. The molecular weight excluding hydrogens is 550 g/mol. The molecule has 0 saturated heterocycles. The standard InChI is InChI=1S/C33H51N3O5S/c1-24-21-31(40-7)25(2)26(3)33(24)42(38,39)36(6)19-20-41-23-32(37)34-22-28-13-16-29(17-14-28)30(35(4)5)18-15-27-11-9-8-10-12-27/h8-12,21,28-30H,13-20,22-23H2,1-7H3,(H,34,37). The Balaban J connectivity index is 1.37. The van der Waals surface area contributed by atoms with Crippen molar-refractivity contribution in [2.45, 2.75) is 70.2 Å². The van der Waals surface area contributed by atoms with E-state index in [4.69, 9.17) is 9.47 Å². The van der Waals surface area contributed by atoms with E-state index in [0.717, 1.165) is 31.2 Å². The van der Waals surface area contributed by atoms with Crippen LogP contribution < -0.4 is 10.1 Å². The fourth-order valence-electron chi connectivity index (χ4n) is 6.23. The molecule has 0 bridgehead atoms. The third kappa shape index (κ3) is 9.02. The molecule has 1 aliphatic rings. The Morgan fingerprint density at radius 1 is 1.02 bits per heavy atom. The van der Waals surface area contributed by atoms with Gasteiger partial charge in [0.1, 0.15) is 12.4 Å². The maximum Gasteiger partial charge on any atom is 0.246 e. The number of ether oxygens (including phenoxy) is 2. The van der Waals surface area contributed by atoms with Gasteiger partial charge in [0.05, 0.1) is 18.6 Å². The lowest BCUT2D eigenvalue weighted by Crippen LogP contribution is -2.39. The lowest BCUT2D eigenvalue weighted by atomic mass is 9.76. The lowest BCUT2D eigenvalue weighted by molar-refractivity contribution is -0.126. The maximum absolute atomic E-state index is 13.3. The topological polar surface area (TPSA) is 88.2 Å². The average Bonchev–Trinajstić information content (AvgIpc) is 2.97. The fraction of sp³-hybridized carbons (Fsp3) is 0.606. The molecule has 1 unspecified atom stereocenters. The molecule has 2 aromatic rings. The van der Waals surface area contributed by atoms with Crippen LogP contribution in [0.15, 0.2) is 41.3 Å². The Hall–Kier alpha value is -2.46. The molecule has 1 fully saturated rings. The first-order valence-electron chi connectivity index (χ1n) is 15.1. The van der Waals surface area contributed by atoms with Crippen molar-refractivity contribution in [2.75, 3.05) is 54.6 Å². The highest BCUT2D eigenvalue weighted by atomic mass is 32.2. The van der Waals surface area contributed by atoms with Crippen molar-refractivity contribution in [2.24, 2.45) is 11.8 Å². The molecule has 1 atom stereocenters. The molecule has 1 saturated carbocycles. The molecule has 8 nitrogen and oxygen atoms in total. The molecule has 1 amide bonds. The number of likely N-dealkylation sites (N-methyl/N-ethyl adjacent to an activating group) is 1. The Labute approximate surface area is 253 Å². The number of rotatable bonds is 15.